The minimum atomic E-state index is -2.58. The van der Waals surface area contributed by atoms with Crippen LogP contribution in [0.2, 0.25) is 0 Å². The molecule has 0 aliphatic heterocycles. The zero-order valence-corrected chi connectivity index (χ0v) is 13.7. The average Bonchev–Trinajstić information content (AvgIpc) is 3.03. The third-order valence-corrected chi connectivity index (χ3v) is 4.62. The van der Waals surface area contributed by atoms with Crippen LogP contribution in [0.3, 0.4) is 0 Å². The van der Waals surface area contributed by atoms with E-state index in [-0.39, 0.29) is 24.8 Å². The molecule has 0 atom stereocenters. The van der Waals surface area contributed by atoms with E-state index in [1.165, 1.54) is 0 Å². The fourth-order valence-corrected chi connectivity index (χ4v) is 3.11. The number of halogens is 2. The fourth-order valence-electron chi connectivity index (χ4n) is 3.11. The Hall–Kier alpha value is -2.24. The molecule has 1 aliphatic carbocycles. The standard InChI is InChI=1S/C18H21F2N3O/c1-22(16-7-9-18(19,20)10-8-16)17(24)15-11-21-23(13-15)12-14-5-3-2-4-6-14/h2-6,11,13,16H,7-10,12H2,1H3. The highest BCUT2D eigenvalue weighted by atomic mass is 19.3. The zero-order valence-electron chi connectivity index (χ0n) is 13.7. The monoisotopic (exact) mass is 333 g/mol. The van der Waals surface area contributed by atoms with E-state index in [4.69, 9.17) is 0 Å². The zero-order chi connectivity index (χ0) is 17.2. The highest BCUT2D eigenvalue weighted by molar-refractivity contribution is 5.93. The number of hydrogen-bond donors (Lipinski definition) is 0. The van der Waals surface area contributed by atoms with Crippen LogP contribution in [-0.4, -0.2) is 39.6 Å². The molecule has 3 rings (SSSR count). The Labute approximate surface area is 140 Å². The van der Waals surface area contributed by atoms with Crippen molar-refractivity contribution < 1.29 is 13.6 Å². The Morgan fingerprint density at radius 3 is 2.62 bits per heavy atom. The summed E-state index contributed by atoms with van der Waals surface area (Å²) in [5.41, 5.74) is 1.59. The highest BCUT2D eigenvalue weighted by Gasteiger charge is 2.37. The lowest BCUT2D eigenvalue weighted by atomic mass is 9.91. The van der Waals surface area contributed by atoms with Crippen molar-refractivity contribution in [2.24, 2.45) is 0 Å². The molecule has 1 amide bonds. The second-order valence-electron chi connectivity index (χ2n) is 6.42. The van der Waals surface area contributed by atoms with Crippen LogP contribution in [0.25, 0.3) is 0 Å². The van der Waals surface area contributed by atoms with Gasteiger partial charge in [0.05, 0.1) is 18.3 Å². The normalized spacial score (nSPS) is 17.6. The van der Waals surface area contributed by atoms with Crippen molar-refractivity contribution in [2.45, 2.75) is 44.2 Å². The smallest absolute Gasteiger partial charge is 0.257 e. The quantitative estimate of drug-likeness (QED) is 0.858. The molecule has 128 valence electrons. The summed E-state index contributed by atoms with van der Waals surface area (Å²) in [5, 5.41) is 4.23. The first-order valence-electron chi connectivity index (χ1n) is 8.16. The molecule has 4 nitrogen and oxygen atoms in total. The number of amides is 1. The first-order chi connectivity index (χ1) is 11.4. The number of rotatable bonds is 4. The molecule has 1 aromatic carbocycles. The predicted molar refractivity (Wildman–Crippen MR) is 87.1 cm³/mol. The Kier molecular flexibility index (Phi) is 4.64. The van der Waals surface area contributed by atoms with E-state index >= 15 is 0 Å². The minimum absolute atomic E-state index is 0.130. The highest BCUT2D eigenvalue weighted by Crippen LogP contribution is 2.35. The van der Waals surface area contributed by atoms with Crippen LogP contribution < -0.4 is 0 Å². The third-order valence-electron chi connectivity index (χ3n) is 4.62. The molecule has 1 aliphatic rings. The molecule has 1 saturated carbocycles. The van der Waals surface area contributed by atoms with Gasteiger partial charge in [-0.3, -0.25) is 9.48 Å². The van der Waals surface area contributed by atoms with Gasteiger partial charge in [0, 0.05) is 32.1 Å². The maximum absolute atomic E-state index is 13.3. The Morgan fingerprint density at radius 2 is 1.96 bits per heavy atom. The van der Waals surface area contributed by atoms with Gasteiger partial charge in [0.2, 0.25) is 5.92 Å². The number of carbonyl (C=O) groups is 1. The third kappa shape index (κ3) is 3.80. The first-order valence-corrected chi connectivity index (χ1v) is 8.16. The lowest BCUT2D eigenvalue weighted by Gasteiger charge is -2.34. The van der Waals surface area contributed by atoms with E-state index in [0.717, 1.165) is 5.56 Å². The van der Waals surface area contributed by atoms with Crippen LogP contribution in [0.4, 0.5) is 8.78 Å². The topological polar surface area (TPSA) is 38.1 Å². The predicted octanol–water partition coefficient (Wildman–Crippen LogP) is 3.58. The molecule has 24 heavy (non-hydrogen) atoms. The Morgan fingerprint density at radius 1 is 1.29 bits per heavy atom. The molecular weight excluding hydrogens is 312 g/mol. The second kappa shape index (κ2) is 6.71. The number of aromatic nitrogens is 2. The lowest BCUT2D eigenvalue weighted by molar-refractivity contribution is -0.0490. The first kappa shape index (κ1) is 16.6. The summed E-state index contributed by atoms with van der Waals surface area (Å²) in [5.74, 6) is -2.74. The second-order valence-corrected chi connectivity index (χ2v) is 6.42. The van der Waals surface area contributed by atoms with Gasteiger partial charge in [0.25, 0.3) is 5.91 Å². The van der Waals surface area contributed by atoms with Gasteiger partial charge in [0.15, 0.2) is 0 Å². The molecule has 2 aromatic rings. The summed E-state index contributed by atoms with van der Waals surface area (Å²) in [6, 6.07) is 9.73. The average molecular weight is 333 g/mol. The number of nitrogens with zero attached hydrogens (tertiary/aromatic N) is 3. The van der Waals surface area contributed by atoms with Gasteiger partial charge in [0.1, 0.15) is 0 Å². The van der Waals surface area contributed by atoms with Crippen LogP contribution in [0.5, 0.6) is 0 Å². The molecule has 0 bridgehead atoms. The number of benzene rings is 1. The summed E-state index contributed by atoms with van der Waals surface area (Å²) in [6.07, 6.45) is 3.63. The van der Waals surface area contributed by atoms with Gasteiger partial charge in [-0.2, -0.15) is 5.10 Å². The molecule has 0 unspecified atom stereocenters. The van der Waals surface area contributed by atoms with Crippen molar-refractivity contribution in [3.8, 4) is 0 Å². The van der Waals surface area contributed by atoms with Gasteiger partial charge in [-0.1, -0.05) is 30.3 Å². The van der Waals surface area contributed by atoms with E-state index in [2.05, 4.69) is 5.10 Å². The maximum Gasteiger partial charge on any atom is 0.257 e. The van der Waals surface area contributed by atoms with E-state index in [0.29, 0.717) is 24.9 Å². The van der Waals surface area contributed by atoms with Gasteiger partial charge < -0.3 is 4.90 Å². The van der Waals surface area contributed by atoms with Crippen molar-refractivity contribution in [2.75, 3.05) is 7.05 Å². The summed E-state index contributed by atoms with van der Waals surface area (Å²) in [7, 11) is 1.69. The van der Waals surface area contributed by atoms with Crippen LogP contribution >= 0.6 is 0 Å². The number of carbonyl (C=O) groups excluding carboxylic acids is 1. The largest absolute Gasteiger partial charge is 0.339 e. The summed E-state index contributed by atoms with van der Waals surface area (Å²) >= 11 is 0. The number of hydrogen-bond acceptors (Lipinski definition) is 2. The minimum Gasteiger partial charge on any atom is -0.339 e. The molecule has 0 N–H and O–H groups in total. The molecule has 0 radical (unpaired) electrons. The van der Waals surface area contributed by atoms with Crippen LogP contribution in [0.15, 0.2) is 42.7 Å². The summed E-state index contributed by atoms with van der Waals surface area (Å²) in [4.78, 5) is 14.1. The van der Waals surface area contributed by atoms with Gasteiger partial charge in [-0.25, -0.2) is 8.78 Å². The number of alkyl halides is 2. The van der Waals surface area contributed by atoms with Crippen molar-refractivity contribution in [3.05, 3.63) is 53.9 Å². The van der Waals surface area contributed by atoms with Crippen LogP contribution in [0.1, 0.15) is 41.6 Å². The van der Waals surface area contributed by atoms with Gasteiger partial charge in [-0.15, -0.1) is 0 Å². The molecule has 6 heteroatoms. The molecule has 1 heterocycles. The van der Waals surface area contributed by atoms with E-state index in [9.17, 15) is 13.6 Å². The van der Waals surface area contributed by atoms with Crippen LogP contribution in [-0.2, 0) is 6.54 Å². The maximum atomic E-state index is 13.3. The molecular formula is C18H21F2N3O. The van der Waals surface area contributed by atoms with Crippen LogP contribution in [0, 0.1) is 0 Å². The lowest BCUT2D eigenvalue weighted by Crippen LogP contribution is -2.41. The molecule has 1 aromatic heterocycles. The van der Waals surface area contributed by atoms with Gasteiger partial charge in [-0.05, 0) is 18.4 Å². The summed E-state index contributed by atoms with van der Waals surface area (Å²) < 4.78 is 28.2. The Balaban J connectivity index is 1.63. The molecule has 0 spiro atoms. The van der Waals surface area contributed by atoms with Crippen molar-refractivity contribution >= 4 is 5.91 Å². The van der Waals surface area contributed by atoms with Crippen molar-refractivity contribution in [3.63, 3.8) is 0 Å². The van der Waals surface area contributed by atoms with E-state index in [1.807, 2.05) is 30.3 Å². The van der Waals surface area contributed by atoms with Crippen molar-refractivity contribution in [1.29, 1.82) is 0 Å². The summed E-state index contributed by atoms with van der Waals surface area (Å²) in [6.45, 7) is 0.591. The fraction of sp³-hybridized carbons (Fsp3) is 0.444. The molecule has 0 saturated heterocycles. The Bertz CT molecular complexity index is 689. The van der Waals surface area contributed by atoms with E-state index < -0.39 is 5.92 Å². The van der Waals surface area contributed by atoms with Crippen molar-refractivity contribution in [1.82, 2.24) is 14.7 Å². The SMILES string of the molecule is CN(C(=O)c1cnn(Cc2ccccc2)c1)C1CCC(F)(F)CC1. The molecule has 1 fully saturated rings. The van der Waals surface area contributed by atoms with Gasteiger partial charge >= 0.3 is 0 Å². The van der Waals surface area contributed by atoms with E-state index in [1.54, 1.807) is 29.0 Å².